The SMILES string of the molecule is CC(C)CC(=O)Nc1ccc(C(=O)NC(C)(C)CN)cc1F.Cl. The van der Waals surface area contributed by atoms with Gasteiger partial charge in [0.2, 0.25) is 5.91 Å². The Kier molecular flexibility index (Phi) is 8.20. The van der Waals surface area contributed by atoms with Crippen LogP contribution in [-0.2, 0) is 4.79 Å². The number of amides is 2. The molecule has 0 atom stereocenters. The lowest BCUT2D eigenvalue weighted by Crippen LogP contribution is -2.48. The summed E-state index contributed by atoms with van der Waals surface area (Å²) in [4.78, 5) is 23.7. The Morgan fingerprint density at radius 3 is 2.39 bits per heavy atom. The number of hydrogen-bond donors (Lipinski definition) is 3. The third-order valence-electron chi connectivity index (χ3n) is 3.06. The number of nitrogens with one attached hydrogen (secondary N) is 2. The average Bonchev–Trinajstić information content (AvgIpc) is 2.39. The number of anilines is 1. The highest BCUT2D eigenvalue weighted by molar-refractivity contribution is 5.96. The number of hydrogen-bond acceptors (Lipinski definition) is 3. The van der Waals surface area contributed by atoms with Crippen molar-refractivity contribution < 1.29 is 14.0 Å². The van der Waals surface area contributed by atoms with Gasteiger partial charge >= 0.3 is 0 Å². The minimum absolute atomic E-state index is 0. The summed E-state index contributed by atoms with van der Waals surface area (Å²) in [7, 11) is 0. The first-order chi connectivity index (χ1) is 10.1. The molecule has 0 spiro atoms. The molecule has 4 N–H and O–H groups in total. The van der Waals surface area contributed by atoms with E-state index in [1.54, 1.807) is 13.8 Å². The zero-order chi connectivity index (χ0) is 16.9. The van der Waals surface area contributed by atoms with Crippen LogP contribution in [0.3, 0.4) is 0 Å². The standard InChI is InChI=1S/C16H24FN3O2.ClH/c1-10(2)7-14(21)19-13-6-5-11(8-12(13)17)15(22)20-16(3,4)9-18;/h5-6,8,10H,7,9,18H2,1-4H3,(H,19,21)(H,20,22);1H. The van der Waals surface area contributed by atoms with E-state index in [0.717, 1.165) is 6.07 Å². The van der Waals surface area contributed by atoms with Crippen molar-refractivity contribution in [3.63, 3.8) is 0 Å². The van der Waals surface area contributed by atoms with E-state index in [1.165, 1.54) is 12.1 Å². The van der Waals surface area contributed by atoms with E-state index in [4.69, 9.17) is 5.73 Å². The molecule has 5 nitrogen and oxygen atoms in total. The van der Waals surface area contributed by atoms with Crippen LogP contribution in [-0.4, -0.2) is 23.9 Å². The Hall–Kier alpha value is -1.66. The lowest BCUT2D eigenvalue weighted by molar-refractivity contribution is -0.116. The molecule has 0 aliphatic rings. The fourth-order valence-corrected chi connectivity index (χ4v) is 1.76. The Balaban J connectivity index is 0.00000484. The molecule has 0 aromatic heterocycles. The molecule has 0 saturated carbocycles. The van der Waals surface area contributed by atoms with Crippen molar-refractivity contribution >= 4 is 29.9 Å². The second kappa shape index (κ2) is 8.84. The van der Waals surface area contributed by atoms with Gasteiger partial charge in [0.25, 0.3) is 5.91 Å². The van der Waals surface area contributed by atoms with Crippen LogP contribution in [0.1, 0.15) is 44.5 Å². The van der Waals surface area contributed by atoms with Gasteiger partial charge in [-0.25, -0.2) is 4.39 Å². The molecule has 1 aromatic carbocycles. The van der Waals surface area contributed by atoms with Crippen LogP contribution in [0.5, 0.6) is 0 Å². The molecule has 0 bridgehead atoms. The third-order valence-corrected chi connectivity index (χ3v) is 3.06. The molecule has 0 aliphatic heterocycles. The number of rotatable bonds is 6. The Bertz CT molecular complexity index is 562. The zero-order valence-corrected chi connectivity index (χ0v) is 14.7. The predicted octanol–water partition coefficient (Wildman–Crippen LogP) is 2.70. The van der Waals surface area contributed by atoms with E-state index in [-0.39, 0.29) is 42.0 Å². The van der Waals surface area contributed by atoms with Crippen LogP contribution in [0.2, 0.25) is 0 Å². The normalized spacial score (nSPS) is 10.9. The maximum absolute atomic E-state index is 14.0. The summed E-state index contributed by atoms with van der Waals surface area (Å²) < 4.78 is 14.0. The van der Waals surface area contributed by atoms with E-state index in [9.17, 15) is 14.0 Å². The first-order valence-electron chi connectivity index (χ1n) is 7.26. The van der Waals surface area contributed by atoms with Crippen molar-refractivity contribution in [2.24, 2.45) is 11.7 Å². The molecular weight excluding hydrogens is 321 g/mol. The van der Waals surface area contributed by atoms with E-state index >= 15 is 0 Å². The fourth-order valence-electron chi connectivity index (χ4n) is 1.76. The second-order valence-electron chi connectivity index (χ2n) is 6.38. The summed E-state index contributed by atoms with van der Waals surface area (Å²) >= 11 is 0. The topological polar surface area (TPSA) is 84.2 Å². The monoisotopic (exact) mass is 345 g/mol. The maximum Gasteiger partial charge on any atom is 0.251 e. The predicted molar refractivity (Wildman–Crippen MR) is 92.3 cm³/mol. The first-order valence-corrected chi connectivity index (χ1v) is 7.26. The van der Waals surface area contributed by atoms with E-state index in [1.807, 2.05) is 13.8 Å². The minimum atomic E-state index is -0.643. The smallest absolute Gasteiger partial charge is 0.251 e. The van der Waals surface area contributed by atoms with Gasteiger partial charge in [-0.3, -0.25) is 9.59 Å². The molecule has 130 valence electrons. The number of nitrogens with two attached hydrogens (primary N) is 1. The number of carbonyl (C=O) groups is 2. The van der Waals surface area contributed by atoms with Crippen LogP contribution in [0, 0.1) is 11.7 Å². The van der Waals surface area contributed by atoms with Gasteiger partial charge in [-0.1, -0.05) is 13.8 Å². The van der Waals surface area contributed by atoms with E-state index < -0.39 is 17.3 Å². The van der Waals surface area contributed by atoms with Crippen LogP contribution < -0.4 is 16.4 Å². The van der Waals surface area contributed by atoms with Crippen molar-refractivity contribution in [2.45, 2.75) is 39.7 Å². The van der Waals surface area contributed by atoms with Gasteiger partial charge in [-0.2, -0.15) is 0 Å². The quantitative estimate of drug-likeness (QED) is 0.741. The third kappa shape index (κ3) is 6.97. The molecule has 0 aliphatic carbocycles. The molecule has 23 heavy (non-hydrogen) atoms. The largest absolute Gasteiger partial charge is 0.346 e. The van der Waals surface area contributed by atoms with Gasteiger partial charge in [0.15, 0.2) is 0 Å². The summed E-state index contributed by atoms with van der Waals surface area (Å²) in [6, 6.07) is 3.96. The lowest BCUT2D eigenvalue weighted by Gasteiger charge is -2.24. The highest BCUT2D eigenvalue weighted by Crippen LogP contribution is 2.17. The van der Waals surface area contributed by atoms with Gasteiger partial charge in [0, 0.05) is 24.1 Å². The molecule has 0 unspecified atom stereocenters. The van der Waals surface area contributed by atoms with Crippen molar-refractivity contribution in [3.8, 4) is 0 Å². The van der Waals surface area contributed by atoms with Crippen molar-refractivity contribution in [3.05, 3.63) is 29.6 Å². The van der Waals surface area contributed by atoms with Gasteiger partial charge in [0.1, 0.15) is 5.82 Å². The molecule has 0 saturated heterocycles. The summed E-state index contributed by atoms with van der Waals surface area (Å²) in [5, 5.41) is 5.22. The highest BCUT2D eigenvalue weighted by Gasteiger charge is 2.20. The fraction of sp³-hybridized carbons (Fsp3) is 0.500. The van der Waals surface area contributed by atoms with Crippen molar-refractivity contribution in [2.75, 3.05) is 11.9 Å². The Labute approximate surface area is 142 Å². The molecule has 0 fully saturated rings. The first kappa shape index (κ1) is 21.3. The zero-order valence-electron chi connectivity index (χ0n) is 13.9. The second-order valence-corrected chi connectivity index (χ2v) is 6.38. The molecule has 2 amide bonds. The van der Waals surface area contributed by atoms with Crippen molar-refractivity contribution in [1.82, 2.24) is 5.32 Å². The van der Waals surface area contributed by atoms with Gasteiger partial charge in [-0.05, 0) is 38.0 Å². The van der Waals surface area contributed by atoms with Crippen molar-refractivity contribution in [1.29, 1.82) is 0 Å². The number of halogens is 2. The maximum atomic E-state index is 14.0. The number of benzene rings is 1. The van der Waals surface area contributed by atoms with Crippen LogP contribution in [0.4, 0.5) is 10.1 Å². The van der Waals surface area contributed by atoms with E-state index in [0.29, 0.717) is 6.42 Å². The summed E-state index contributed by atoms with van der Waals surface area (Å²) in [5.41, 5.74) is 5.22. The summed E-state index contributed by atoms with van der Waals surface area (Å²) in [5.74, 6) is -1.12. The molecule has 1 aromatic rings. The van der Waals surface area contributed by atoms with Gasteiger partial charge in [0.05, 0.1) is 5.69 Å². The van der Waals surface area contributed by atoms with Crippen LogP contribution in [0.15, 0.2) is 18.2 Å². The molecule has 0 radical (unpaired) electrons. The molecular formula is C16H25ClFN3O2. The number of carbonyl (C=O) groups excluding carboxylic acids is 2. The van der Waals surface area contributed by atoms with Crippen LogP contribution in [0.25, 0.3) is 0 Å². The molecule has 1 rings (SSSR count). The van der Waals surface area contributed by atoms with E-state index in [2.05, 4.69) is 10.6 Å². The van der Waals surface area contributed by atoms with Gasteiger partial charge < -0.3 is 16.4 Å². The van der Waals surface area contributed by atoms with Gasteiger partial charge in [-0.15, -0.1) is 12.4 Å². The average molecular weight is 346 g/mol. The molecule has 7 heteroatoms. The summed E-state index contributed by atoms with van der Waals surface area (Å²) in [6.07, 6.45) is 0.312. The Morgan fingerprint density at radius 1 is 1.30 bits per heavy atom. The van der Waals surface area contributed by atoms with Crippen LogP contribution >= 0.6 is 12.4 Å². The highest BCUT2D eigenvalue weighted by atomic mass is 35.5. The molecule has 0 heterocycles. The minimum Gasteiger partial charge on any atom is -0.346 e. The summed E-state index contributed by atoms with van der Waals surface area (Å²) in [6.45, 7) is 7.64. The Morgan fingerprint density at radius 2 is 1.91 bits per heavy atom. The lowest BCUT2D eigenvalue weighted by atomic mass is 10.0.